The van der Waals surface area contributed by atoms with Crippen LogP contribution in [0.25, 0.3) is 0 Å². The quantitative estimate of drug-likeness (QED) is 0.890. The van der Waals surface area contributed by atoms with Gasteiger partial charge in [0.1, 0.15) is 0 Å². The maximum Gasteiger partial charge on any atom is 0.251 e. The second-order valence-corrected chi connectivity index (χ2v) is 6.18. The van der Waals surface area contributed by atoms with Crippen molar-refractivity contribution in [1.82, 2.24) is 5.32 Å². The van der Waals surface area contributed by atoms with Crippen molar-refractivity contribution in [3.8, 4) is 0 Å². The van der Waals surface area contributed by atoms with Crippen LogP contribution in [-0.2, 0) is 0 Å². The van der Waals surface area contributed by atoms with E-state index in [4.69, 9.17) is 0 Å². The Morgan fingerprint density at radius 1 is 1.18 bits per heavy atom. The van der Waals surface area contributed by atoms with Gasteiger partial charge < -0.3 is 5.32 Å². The summed E-state index contributed by atoms with van der Waals surface area (Å²) in [5, 5.41) is 3.19. The molecule has 0 heterocycles. The Hall–Kier alpha value is -0.830. The molecule has 2 saturated carbocycles. The minimum Gasteiger partial charge on any atom is -0.349 e. The van der Waals surface area contributed by atoms with Gasteiger partial charge in [-0.2, -0.15) is 0 Å². The highest BCUT2D eigenvalue weighted by atomic mass is 79.9. The highest BCUT2D eigenvalue weighted by Crippen LogP contribution is 2.44. The van der Waals surface area contributed by atoms with Crippen LogP contribution in [0.3, 0.4) is 0 Å². The topological polar surface area (TPSA) is 29.1 Å². The number of nitrogens with one attached hydrogen (secondary N) is 1. The molecule has 0 aliphatic heterocycles. The highest BCUT2D eigenvalue weighted by molar-refractivity contribution is 9.10. The van der Waals surface area contributed by atoms with Crippen molar-refractivity contribution in [2.75, 3.05) is 0 Å². The third-order valence-corrected chi connectivity index (χ3v) is 4.69. The zero-order valence-electron chi connectivity index (χ0n) is 9.66. The lowest BCUT2D eigenvalue weighted by Gasteiger charge is -2.22. The summed E-state index contributed by atoms with van der Waals surface area (Å²) in [5.74, 6) is 1.68. The van der Waals surface area contributed by atoms with Crippen molar-refractivity contribution in [2.24, 2.45) is 11.8 Å². The van der Waals surface area contributed by atoms with Crippen LogP contribution >= 0.6 is 15.9 Å². The van der Waals surface area contributed by atoms with Crippen LogP contribution in [0, 0.1) is 11.8 Å². The Morgan fingerprint density at radius 3 is 2.53 bits per heavy atom. The van der Waals surface area contributed by atoms with Crippen molar-refractivity contribution in [3.63, 3.8) is 0 Å². The van der Waals surface area contributed by atoms with Crippen LogP contribution in [0.4, 0.5) is 0 Å². The normalized spacial score (nSPS) is 30.5. The number of fused-ring (bicyclic) bond motifs is 2. The minimum atomic E-state index is 0.0788. The van der Waals surface area contributed by atoms with Gasteiger partial charge in [0.25, 0.3) is 5.91 Å². The Morgan fingerprint density at radius 2 is 1.94 bits per heavy atom. The van der Waals surface area contributed by atoms with Gasteiger partial charge in [0.05, 0.1) is 0 Å². The van der Waals surface area contributed by atoms with Crippen LogP contribution < -0.4 is 5.32 Å². The zero-order valence-corrected chi connectivity index (χ0v) is 11.2. The van der Waals surface area contributed by atoms with Gasteiger partial charge in [-0.3, -0.25) is 4.79 Å². The van der Waals surface area contributed by atoms with Crippen molar-refractivity contribution < 1.29 is 4.79 Å². The first-order valence-corrected chi connectivity index (χ1v) is 7.08. The van der Waals surface area contributed by atoms with E-state index in [1.54, 1.807) is 0 Å². The van der Waals surface area contributed by atoms with Gasteiger partial charge in [0.2, 0.25) is 0 Å². The molecule has 2 fully saturated rings. The van der Waals surface area contributed by atoms with Crippen LogP contribution in [0.5, 0.6) is 0 Å². The SMILES string of the molecule is O=C(N[C@H]1C[C@H]2CC[C@H]1C2)c1ccc(Br)cc1. The molecule has 90 valence electrons. The highest BCUT2D eigenvalue weighted by Gasteiger charge is 2.40. The molecule has 0 unspecified atom stereocenters. The average molecular weight is 294 g/mol. The molecule has 1 amide bonds. The molecule has 0 spiro atoms. The molecule has 0 radical (unpaired) electrons. The molecule has 0 saturated heterocycles. The predicted octanol–water partition coefficient (Wildman–Crippen LogP) is 3.37. The summed E-state index contributed by atoms with van der Waals surface area (Å²) in [5.41, 5.74) is 0.760. The molecule has 1 aromatic rings. The lowest BCUT2D eigenvalue weighted by Crippen LogP contribution is -2.38. The summed E-state index contributed by atoms with van der Waals surface area (Å²) >= 11 is 3.38. The Balaban J connectivity index is 1.65. The second-order valence-electron chi connectivity index (χ2n) is 5.26. The van der Waals surface area contributed by atoms with Crippen molar-refractivity contribution in [1.29, 1.82) is 0 Å². The molecule has 2 nitrogen and oxygen atoms in total. The molecule has 3 heteroatoms. The summed E-state index contributed by atoms with van der Waals surface area (Å²) in [6.45, 7) is 0. The van der Waals surface area contributed by atoms with E-state index in [2.05, 4.69) is 21.2 Å². The molecule has 3 rings (SSSR count). The van der Waals surface area contributed by atoms with E-state index < -0.39 is 0 Å². The number of benzene rings is 1. The molecule has 2 aliphatic carbocycles. The molecule has 2 bridgehead atoms. The van der Waals surface area contributed by atoms with Crippen LogP contribution in [0.15, 0.2) is 28.7 Å². The van der Waals surface area contributed by atoms with E-state index in [0.29, 0.717) is 6.04 Å². The Labute approximate surface area is 110 Å². The van der Waals surface area contributed by atoms with Gasteiger partial charge in [-0.1, -0.05) is 22.4 Å². The van der Waals surface area contributed by atoms with E-state index in [0.717, 1.165) is 21.9 Å². The first kappa shape index (κ1) is 11.3. The van der Waals surface area contributed by atoms with E-state index in [9.17, 15) is 4.79 Å². The van der Waals surface area contributed by atoms with Crippen molar-refractivity contribution >= 4 is 21.8 Å². The summed E-state index contributed by atoms with van der Waals surface area (Å²) < 4.78 is 1.01. The smallest absolute Gasteiger partial charge is 0.251 e. The standard InChI is InChI=1S/C14H16BrNO/c15-12-5-3-10(4-6-12)14(17)16-13-8-9-1-2-11(13)7-9/h3-6,9,11,13H,1-2,7-8H2,(H,16,17)/t9-,11-,13-/m0/s1. The number of halogens is 1. The van der Waals surface area contributed by atoms with E-state index in [1.807, 2.05) is 24.3 Å². The summed E-state index contributed by atoms with van der Waals surface area (Å²) in [6.07, 6.45) is 5.18. The molecule has 1 N–H and O–H groups in total. The molecule has 0 aromatic heterocycles. The molecule has 17 heavy (non-hydrogen) atoms. The largest absolute Gasteiger partial charge is 0.349 e. The van der Waals surface area contributed by atoms with E-state index in [-0.39, 0.29) is 5.91 Å². The molecule has 2 aliphatic rings. The maximum absolute atomic E-state index is 12.1. The Kier molecular flexibility index (Phi) is 2.95. The van der Waals surface area contributed by atoms with Gasteiger partial charge in [0.15, 0.2) is 0 Å². The average Bonchev–Trinajstić information content (AvgIpc) is 2.91. The van der Waals surface area contributed by atoms with Gasteiger partial charge in [-0.25, -0.2) is 0 Å². The molecule has 3 atom stereocenters. The number of hydrogen-bond donors (Lipinski definition) is 1. The lowest BCUT2D eigenvalue weighted by atomic mass is 9.95. The molecular weight excluding hydrogens is 278 g/mol. The minimum absolute atomic E-state index is 0.0788. The first-order chi connectivity index (χ1) is 8.22. The Bertz CT molecular complexity index is 428. The molecule has 1 aromatic carbocycles. The fraction of sp³-hybridized carbons (Fsp3) is 0.500. The van der Waals surface area contributed by atoms with Gasteiger partial charge in [-0.15, -0.1) is 0 Å². The van der Waals surface area contributed by atoms with Crippen LogP contribution in [0.2, 0.25) is 0 Å². The van der Waals surface area contributed by atoms with Crippen LogP contribution in [0.1, 0.15) is 36.0 Å². The van der Waals surface area contributed by atoms with Crippen molar-refractivity contribution in [2.45, 2.75) is 31.7 Å². The fourth-order valence-electron chi connectivity index (χ4n) is 3.27. The first-order valence-electron chi connectivity index (χ1n) is 6.29. The van der Waals surface area contributed by atoms with E-state index >= 15 is 0 Å². The van der Waals surface area contributed by atoms with E-state index in [1.165, 1.54) is 25.7 Å². The number of rotatable bonds is 2. The fourth-order valence-corrected chi connectivity index (χ4v) is 3.54. The summed E-state index contributed by atoms with van der Waals surface area (Å²) in [4.78, 5) is 12.1. The monoisotopic (exact) mass is 293 g/mol. The number of carbonyl (C=O) groups excluding carboxylic acids is 1. The van der Waals surface area contributed by atoms with Crippen molar-refractivity contribution in [3.05, 3.63) is 34.3 Å². The van der Waals surface area contributed by atoms with Gasteiger partial charge in [0, 0.05) is 16.1 Å². The third kappa shape index (κ3) is 2.25. The summed E-state index contributed by atoms with van der Waals surface area (Å²) in [7, 11) is 0. The van der Waals surface area contributed by atoms with Gasteiger partial charge in [-0.05, 0) is 55.4 Å². The maximum atomic E-state index is 12.1. The van der Waals surface area contributed by atoms with Crippen LogP contribution in [-0.4, -0.2) is 11.9 Å². The second kappa shape index (κ2) is 4.45. The van der Waals surface area contributed by atoms with Gasteiger partial charge >= 0.3 is 0 Å². The summed E-state index contributed by atoms with van der Waals surface area (Å²) in [6, 6.07) is 7.98. The number of hydrogen-bond acceptors (Lipinski definition) is 1. The molecular formula is C14H16BrNO. The third-order valence-electron chi connectivity index (χ3n) is 4.16. The lowest BCUT2D eigenvalue weighted by molar-refractivity contribution is 0.0923. The zero-order chi connectivity index (χ0) is 11.8. The predicted molar refractivity (Wildman–Crippen MR) is 70.8 cm³/mol. The number of amides is 1. The number of carbonyl (C=O) groups is 1.